The van der Waals surface area contributed by atoms with Gasteiger partial charge in [-0.05, 0) is 47.1 Å². The Balaban J connectivity index is 2.57. The number of rotatable bonds is 4. The first kappa shape index (κ1) is 15.5. The minimum Gasteiger partial charge on any atom is -0.372 e. The molecule has 20 heavy (non-hydrogen) atoms. The molecule has 2 rings (SSSR count). The summed E-state index contributed by atoms with van der Waals surface area (Å²) in [4.78, 5) is 9.28. The molecule has 0 fully saturated rings. The first-order valence-electron chi connectivity index (χ1n) is 6.52. The monoisotopic (exact) mass is 401 g/mol. The van der Waals surface area contributed by atoms with Crippen molar-refractivity contribution >= 4 is 40.0 Å². The molecule has 1 aromatic carbocycles. The lowest BCUT2D eigenvalue weighted by atomic mass is 10.1. The number of hydrogen-bond acceptors (Lipinski definition) is 3. The summed E-state index contributed by atoms with van der Waals surface area (Å²) >= 11 is 8.55. The molecule has 0 amide bonds. The van der Waals surface area contributed by atoms with E-state index in [0.717, 1.165) is 27.1 Å². The van der Waals surface area contributed by atoms with E-state index in [2.05, 4.69) is 46.7 Å². The number of hydrogen-bond donors (Lipinski definition) is 1. The average Bonchev–Trinajstić information content (AvgIpc) is 2.41. The van der Waals surface area contributed by atoms with Crippen molar-refractivity contribution in [2.75, 3.05) is 12.4 Å². The van der Waals surface area contributed by atoms with Crippen molar-refractivity contribution in [3.05, 3.63) is 38.6 Å². The maximum absolute atomic E-state index is 6.25. The molecule has 0 atom stereocenters. The van der Waals surface area contributed by atoms with Crippen LogP contribution < -0.4 is 5.32 Å². The molecule has 0 aliphatic rings. The highest BCUT2D eigenvalue weighted by atomic mass is 127. The third-order valence-corrected chi connectivity index (χ3v) is 4.34. The molecule has 0 unspecified atom stereocenters. The summed E-state index contributed by atoms with van der Waals surface area (Å²) in [5.41, 5.74) is 1.93. The summed E-state index contributed by atoms with van der Waals surface area (Å²) in [7, 11) is 1.88. The van der Waals surface area contributed by atoms with E-state index in [-0.39, 0.29) is 0 Å². The van der Waals surface area contributed by atoms with Gasteiger partial charge >= 0.3 is 0 Å². The Morgan fingerprint density at radius 3 is 2.55 bits per heavy atom. The Labute approximate surface area is 138 Å². The average molecular weight is 402 g/mol. The van der Waals surface area contributed by atoms with E-state index < -0.39 is 0 Å². The topological polar surface area (TPSA) is 37.8 Å². The number of aromatic nitrogens is 2. The third kappa shape index (κ3) is 3.41. The minimum absolute atomic E-state index is 0.544. The van der Waals surface area contributed by atoms with Crippen LogP contribution in [0.25, 0.3) is 11.4 Å². The fourth-order valence-corrected chi connectivity index (χ4v) is 2.90. The molecule has 0 aliphatic carbocycles. The molecule has 0 aliphatic heterocycles. The summed E-state index contributed by atoms with van der Waals surface area (Å²) < 4.78 is 1.08. The fraction of sp³-hybridized carbons (Fsp3) is 0.333. The van der Waals surface area contributed by atoms with Gasteiger partial charge < -0.3 is 5.32 Å². The van der Waals surface area contributed by atoms with Crippen molar-refractivity contribution in [1.29, 1.82) is 0 Å². The second-order valence-corrected chi connectivity index (χ2v) is 6.47. The largest absolute Gasteiger partial charge is 0.372 e. The number of anilines is 1. The first-order valence-corrected chi connectivity index (χ1v) is 7.97. The van der Waals surface area contributed by atoms with Crippen LogP contribution in [0.5, 0.6) is 0 Å². The standard InChI is InChI=1S/C15H17ClIN3/c1-9(2)8-12-13(17)15(18-3)20-14(19-12)10-6-4-5-7-11(10)16/h4-7,9H,8H2,1-3H3,(H,18,19,20). The highest BCUT2D eigenvalue weighted by Crippen LogP contribution is 2.29. The molecule has 0 radical (unpaired) electrons. The third-order valence-electron chi connectivity index (χ3n) is 2.87. The maximum atomic E-state index is 6.25. The van der Waals surface area contributed by atoms with E-state index >= 15 is 0 Å². The van der Waals surface area contributed by atoms with Crippen LogP contribution in [0.4, 0.5) is 5.82 Å². The van der Waals surface area contributed by atoms with Gasteiger partial charge in [-0.15, -0.1) is 0 Å². The van der Waals surface area contributed by atoms with Gasteiger partial charge in [0.15, 0.2) is 5.82 Å². The van der Waals surface area contributed by atoms with Crippen molar-refractivity contribution in [3.63, 3.8) is 0 Å². The van der Waals surface area contributed by atoms with Crippen molar-refractivity contribution in [2.24, 2.45) is 5.92 Å². The molecule has 106 valence electrons. The SMILES string of the molecule is CNc1nc(-c2ccccc2Cl)nc(CC(C)C)c1I. The molecule has 0 spiro atoms. The van der Waals surface area contributed by atoms with E-state index in [1.807, 2.05) is 31.3 Å². The van der Waals surface area contributed by atoms with Gasteiger partial charge in [-0.2, -0.15) is 0 Å². The number of benzene rings is 1. The van der Waals surface area contributed by atoms with Gasteiger partial charge in [0.25, 0.3) is 0 Å². The predicted octanol–water partition coefficient (Wildman–Crippen LogP) is 4.64. The Morgan fingerprint density at radius 1 is 1.25 bits per heavy atom. The quantitative estimate of drug-likeness (QED) is 0.758. The van der Waals surface area contributed by atoms with Crippen molar-refractivity contribution in [3.8, 4) is 11.4 Å². The molecule has 1 aromatic heterocycles. The van der Waals surface area contributed by atoms with Gasteiger partial charge in [-0.3, -0.25) is 0 Å². The van der Waals surface area contributed by atoms with Crippen LogP contribution in [-0.4, -0.2) is 17.0 Å². The first-order chi connectivity index (χ1) is 9.52. The van der Waals surface area contributed by atoms with Gasteiger partial charge in [0, 0.05) is 12.6 Å². The number of halogens is 2. The molecule has 0 saturated carbocycles. The smallest absolute Gasteiger partial charge is 0.163 e. The summed E-state index contributed by atoms with van der Waals surface area (Å²) in [6, 6.07) is 7.67. The van der Waals surface area contributed by atoms with Crippen molar-refractivity contribution < 1.29 is 0 Å². The Kier molecular flexibility index (Phi) is 5.21. The molecule has 3 nitrogen and oxygen atoms in total. The van der Waals surface area contributed by atoms with E-state index in [0.29, 0.717) is 16.8 Å². The van der Waals surface area contributed by atoms with E-state index in [1.165, 1.54) is 0 Å². The highest BCUT2D eigenvalue weighted by molar-refractivity contribution is 14.1. The second-order valence-electron chi connectivity index (χ2n) is 4.98. The normalized spacial score (nSPS) is 10.9. The lowest BCUT2D eigenvalue weighted by molar-refractivity contribution is 0.632. The van der Waals surface area contributed by atoms with Crippen molar-refractivity contribution in [1.82, 2.24) is 9.97 Å². The Hall–Kier alpha value is -0.880. The number of nitrogens with one attached hydrogen (secondary N) is 1. The molecule has 0 saturated heterocycles. The van der Waals surface area contributed by atoms with Crippen LogP contribution in [0.2, 0.25) is 5.02 Å². The zero-order valence-corrected chi connectivity index (χ0v) is 14.7. The van der Waals surface area contributed by atoms with Crippen LogP contribution in [0, 0.1) is 9.49 Å². The highest BCUT2D eigenvalue weighted by Gasteiger charge is 2.15. The summed E-state index contributed by atoms with van der Waals surface area (Å²) in [5, 5.41) is 3.81. The van der Waals surface area contributed by atoms with Crippen molar-refractivity contribution in [2.45, 2.75) is 20.3 Å². The number of nitrogens with zero attached hydrogens (tertiary/aromatic N) is 2. The summed E-state index contributed by atoms with van der Waals surface area (Å²) in [6.45, 7) is 4.37. The summed E-state index contributed by atoms with van der Waals surface area (Å²) in [5.74, 6) is 2.07. The Bertz CT molecular complexity index is 614. The molecule has 5 heteroatoms. The van der Waals surface area contributed by atoms with Crippen LogP contribution in [0.1, 0.15) is 19.5 Å². The molecular formula is C15H17ClIN3. The van der Waals surface area contributed by atoms with Gasteiger partial charge in [-0.25, -0.2) is 9.97 Å². The molecule has 2 aromatic rings. The fourth-order valence-electron chi connectivity index (χ4n) is 1.94. The minimum atomic E-state index is 0.544. The van der Waals surface area contributed by atoms with Crippen LogP contribution in [0.15, 0.2) is 24.3 Å². The van der Waals surface area contributed by atoms with Crippen LogP contribution in [0.3, 0.4) is 0 Å². The van der Waals surface area contributed by atoms with Gasteiger partial charge in [-0.1, -0.05) is 37.6 Å². The van der Waals surface area contributed by atoms with Crippen LogP contribution >= 0.6 is 34.2 Å². The zero-order valence-electron chi connectivity index (χ0n) is 11.7. The lowest BCUT2D eigenvalue weighted by Gasteiger charge is -2.13. The van der Waals surface area contributed by atoms with Crippen LogP contribution in [-0.2, 0) is 6.42 Å². The molecule has 1 N–H and O–H groups in total. The van der Waals surface area contributed by atoms with E-state index in [1.54, 1.807) is 0 Å². The van der Waals surface area contributed by atoms with E-state index in [9.17, 15) is 0 Å². The van der Waals surface area contributed by atoms with Gasteiger partial charge in [0.05, 0.1) is 14.3 Å². The zero-order chi connectivity index (χ0) is 14.7. The second kappa shape index (κ2) is 6.72. The lowest BCUT2D eigenvalue weighted by Crippen LogP contribution is -2.08. The predicted molar refractivity (Wildman–Crippen MR) is 93.3 cm³/mol. The Morgan fingerprint density at radius 2 is 1.95 bits per heavy atom. The van der Waals surface area contributed by atoms with Gasteiger partial charge in [0.1, 0.15) is 5.82 Å². The van der Waals surface area contributed by atoms with E-state index in [4.69, 9.17) is 16.6 Å². The molecule has 1 heterocycles. The molecular weight excluding hydrogens is 385 g/mol. The van der Waals surface area contributed by atoms with Gasteiger partial charge in [0.2, 0.25) is 0 Å². The molecule has 0 bridgehead atoms. The maximum Gasteiger partial charge on any atom is 0.163 e. The summed E-state index contributed by atoms with van der Waals surface area (Å²) in [6.07, 6.45) is 0.924.